The third kappa shape index (κ3) is 6.77. The molecule has 1 atom stereocenters. The molecule has 0 spiro atoms. The Morgan fingerprint density at radius 3 is 2.70 bits per heavy atom. The minimum absolute atomic E-state index is 0.0105. The second-order valence-corrected chi connectivity index (χ2v) is 10.0. The minimum Gasteiger partial charge on any atom is -0.495 e. The molecule has 10 nitrogen and oxygen atoms in total. The summed E-state index contributed by atoms with van der Waals surface area (Å²) in [6.07, 6.45) is -5.03. The molecule has 0 saturated carbocycles. The van der Waals surface area contributed by atoms with Crippen molar-refractivity contribution in [2.75, 3.05) is 37.4 Å². The van der Waals surface area contributed by atoms with Crippen LogP contribution in [-0.2, 0) is 12.7 Å². The SMILES string of the molecule is COc1cc(C(=O)NC[C@H]2CCCN2)ccc1Nc1ncc(C(F)(F)F)c(Nc2cccc3c2C(=O)N(CC(F)F)C3)n1. The smallest absolute Gasteiger partial charge is 0.421 e. The van der Waals surface area contributed by atoms with Crippen LogP contribution in [0.1, 0.15) is 44.7 Å². The number of fused-ring (bicyclic) bond motifs is 1. The summed E-state index contributed by atoms with van der Waals surface area (Å²) in [5.74, 6) is -1.72. The van der Waals surface area contributed by atoms with E-state index in [0.29, 0.717) is 23.9 Å². The molecule has 4 N–H and O–H groups in total. The zero-order valence-electron chi connectivity index (χ0n) is 22.9. The largest absolute Gasteiger partial charge is 0.495 e. The van der Waals surface area contributed by atoms with E-state index in [4.69, 9.17) is 4.74 Å². The Morgan fingerprint density at radius 2 is 2.00 bits per heavy atom. The highest BCUT2D eigenvalue weighted by molar-refractivity contribution is 6.04. The van der Waals surface area contributed by atoms with Gasteiger partial charge in [-0.05, 0) is 49.2 Å². The predicted molar refractivity (Wildman–Crippen MR) is 147 cm³/mol. The van der Waals surface area contributed by atoms with E-state index in [1.54, 1.807) is 6.07 Å². The lowest BCUT2D eigenvalue weighted by Gasteiger charge is -2.17. The maximum absolute atomic E-state index is 13.9. The zero-order valence-corrected chi connectivity index (χ0v) is 22.9. The van der Waals surface area contributed by atoms with E-state index in [2.05, 4.69) is 31.2 Å². The molecule has 0 bridgehead atoms. The average molecular weight is 606 g/mol. The molecule has 2 aliphatic rings. The van der Waals surface area contributed by atoms with Crippen LogP contribution in [0.5, 0.6) is 5.75 Å². The lowest BCUT2D eigenvalue weighted by molar-refractivity contribution is -0.137. The first-order valence-electron chi connectivity index (χ1n) is 13.4. The number of anilines is 4. The van der Waals surface area contributed by atoms with E-state index < -0.39 is 36.4 Å². The summed E-state index contributed by atoms with van der Waals surface area (Å²) in [4.78, 5) is 34.2. The number of hydrogen-bond donors (Lipinski definition) is 4. The van der Waals surface area contributed by atoms with Gasteiger partial charge >= 0.3 is 6.18 Å². The lowest BCUT2D eigenvalue weighted by atomic mass is 10.1. The van der Waals surface area contributed by atoms with Crippen molar-refractivity contribution < 1.29 is 36.3 Å². The van der Waals surface area contributed by atoms with Crippen LogP contribution in [0.4, 0.5) is 45.1 Å². The Labute approximate surface area is 243 Å². The van der Waals surface area contributed by atoms with Crippen LogP contribution in [0.3, 0.4) is 0 Å². The summed E-state index contributed by atoms with van der Waals surface area (Å²) in [6.45, 7) is 0.477. The summed E-state index contributed by atoms with van der Waals surface area (Å²) in [6, 6.07) is 9.13. The first-order valence-corrected chi connectivity index (χ1v) is 13.4. The lowest BCUT2D eigenvalue weighted by Crippen LogP contribution is -2.37. The van der Waals surface area contributed by atoms with Gasteiger partial charge in [-0.15, -0.1) is 0 Å². The third-order valence-electron chi connectivity index (χ3n) is 7.10. The number of hydrogen-bond acceptors (Lipinski definition) is 8. The molecule has 228 valence electrons. The van der Waals surface area contributed by atoms with E-state index >= 15 is 0 Å². The van der Waals surface area contributed by atoms with Crippen LogP contribution in [0, 0.1) is 0 Å². The number of amides is 2. The van der Waals surface area contributed by atoms with Crippen molar-refractivity contribution in [3.05, 3.63) is 64.8 Å². The molecular formula is C28H28F5N7O3. The Bertz CT molecular complexity index is 1510. The van der Waals surface area contributed by atoms with Gasteiger partial charge in [0.1, 0.15) is 17.1 Å². The number of nitrogens with zero attached hydrogens (tertiary/aromatic N) is 3. The van der Waals surface area contributed by atoms with Crippen LogP contribution in [0.25, 0.3) is 0 Å². The van der Waals surface area contributed by atoms with Gasteiger partial charge in [0.05, 0.1) is 30.6 Å². The molecule has 1 aromatic heterocycles. The topological polar surface area (TPSA) is 121 Å². The molecule has 2 aromatic carbocycles. The third-order valence-corrected chi connectivity index (χ3v) is 7.10. The van der Waals surface area contributed by atoms with Gasteiger partial charge in [0.25, 0.3) is 18.2 Å². The first-order chi connectivity index (χ1) is 20.5. The number of rotatable bonds is 10. The Balaban J connectivity index is 1.39. The highest BCUT2D eigenvalue weighted by Crippen LogP contribution is 2.38. The fraction of sp³-hybridized carbons (Fsp3) is 0.357. The molecule has 2 aliphatic heterocycles. The van der Waals surface area contributed by atoms with E-state index in [1.807, 2.05) is 0 Å². The Hall–Kier alpha value is -4.53. The number of alkyl halides is 5. The monoisotopic (exact) mass is 605 g/mol. The maximum atomic E-state index is 13.9. The molecular weight excluding hydrogens is 577 g/mol. The van der Waals surface area contributed by atoms with Gasteiger partial charge < -0.3 is 30.9 Å². The van der Waals surface area contributed by atoms with Gasteiger partial charge in [0.15, 0.2) is 0 Å². The number of benzene rings is 2. The molecule has 3 aromatic rings. The van der Waals surface area contributed by atoms with Crippen molar-refractivity contribution in [3.8, 4) is 5.75 Å². The average Bonchev–Trinajstić information content (AvgIpc) is 3.59. The zero-order chi connectivity index (χ0) is 30.7. The van der Waals surface area contributed by atoms with Gasteiger partial charge in [-0.3, -0.25) is 9.59 Å². The number of methoxy groups -OCH3 is 1. The highest BCUT2D eigenvalue weighted by atomic mass is 19.4. The fourth-order valence-corrected chi connectivity index (χ4v) is 5.02. The molecule has 1 saturated heterocycles. The van der Waals surface area contributed by atoms with E-state index in [-0.39, 0.29) is 47.1 Å². The molecule has 0 aliphatic carbocycles. The van der Waals surface area contributed by atoms with Crippen molar-refractivity contribution in [3.63, 3.8) is 0 Å². The summed E-state index contributed by atoms with van der Waals surface area (Å²) < 4.78 is 73.0. The number of carbonyl (C=O) groups excluding carboxylic acids is 2. The summed E-state index contributed by atoms with van der Waals surface area (Å²) >= 11 is 0. The molecule has 2 amide bonds. The molecule has 43 heavy (non-hydrogen) atoms. The maximum Gasteiger partial charge on any atom is 0.421 e. The minimum atomic E-state index is -4.86. The van der Waals surface area contributed by atoms with Crippen molar-refractivity contribution in [1.29, 1.82) is 0 Å². The second kappa shape index (κ2) is 12.4. The fourth-order valence-electron chi connectivity index (χ4n) is 5.02. The van der Waals surface area contributed by atoms with Crippen molar-refractivity contribution in [2.24, 2.45) is 0 Å². The van der Waals surface area contributed by atoms with Crippen LogP contribution < -0.4 is 26.0 Å². The second-order valence-electron chi connectivity index (χ2n) is 10.0. The van der Waals surface area contributed by atoms with Crippen molar-refractivity contribution in [1.82, 2.24) is 25.5 Å². The van der Waals surface area contributed by atoms with Crippen LogP contribution >= 0.6 is 0 Å². The molecule has 15 heteroatoms. The number of ether oxygens (including phenoxy) is 1. The normalized spacial score (nSPS) is 16.4. The summed E-state index contributed by atoms with van der Waals surface area (Å²) in [5.41, 5.74) is -0.245. The van der Waals surface area contributed by atoms with E-state index in [9.17, 15) is 31.5 Å². The number of aromatic nitrogens is 2. The van der Waals surface area contributed by atoms with Crippen LogP contribution in [-0.4, -0.2) is 65.9 Å². The van der Waals surface area contributed by atoms with Gasteiger partial charge in [-0.2, -0.15) is 18.2 Å². The van der Waals surface area contributed by atoms with E-state index in [1.165, 1.54) is 37.4 Å². The molecule has 1 fully saturated rings. The standard InChI is InChI=1S/C28H28F5N7O3/c1-43-21-10-15(25(41)35-11-17-5-3-9-34-17)7-8-19(21)38-27-36-12-18(28(31,32)33)24(39-27)37-20-6-2-4-16-13-40(14-22(29)30)26(42)23(16)20/h2,4,6-8,10,12,17,22,34H,3,5,9,11,13-14H2,1H3,(H,35,41)(H2,36,37,38,39)/t17-/m1/s1. The van der Waals surface area contributed by atoms with Gasteiger partial charge in [0, 0.05) is 30.9 Å². The number of halogens is 5. The molecule has 5 rings (SSSR count). The van der Waals surface area contributed by atoms with E-state index in [0.717, 1.165) is 24.3 Å². The van der Waals surface area contributed by atoms with Crippen molar-refractivity contribution >= 4 is 35.0 Å². The van der Waals surface area contributed by atoms with Gasteiger partial charge in [-0.1, -0.05) is 12.1 Å². The van der Waals surface area contributed by atoms with Gasteiger partial charge in [0.2, 0.25) is 5.95 Å². The Kier molecular flexibility index (Phi) is 8.62. The molecule has 0 radical (unpaired) electrons. The number of carbonyl (C=O) groups is 2. The summed E-state index contributed by atoms with van der Waals surface area (Å²) in [5, 5.41) is 11.5. The van der Waals surface area contributed by atoms with Gasteiger partial charge in [-0.25, -0.2) is 13.8 Å². The van der Waals surface area contributed by atoms with Crippen molar-refractivity contribution in [2.45, 2.75) is 38.0 Å². The molecule has 3 heterocycles. The summed E-state index contributed by atoms with van der Waals surface area (Å²) in [7, 11) is 1.37. The predicted octanol–water partition coefficient (Wildman–Crippen LogP) is 4.69. The highest BCUT2D eigenvalue weighted by Gasteiger charge is 2.37. The quantitative estimate of drug-likeness (QED) is 0.246. The van der Waals surface area contributed by atoms with Crippen LogP contribution in [0.2, 0.25) is 0 Å². The Morgan fingerprint density at radius 1 is 1.19 bits per heavy atom. The van der Waals surface area contributed by atoms with Crippen LogP contribution in [0.15, 0.2) is 42.6 Å². The number of nitrogens with one attached hydrogen (secondary N) is 4. The molecule has 0 unspecified atom stereocenters. The first kappa shape index (κ1) is 29.9.